The zero-order valence-electron chi connectivity index (χ0n) is 15.6. The zero-order valence-corrected chi connectivity index (χ0v) is 18.0. The summed E-state index contributed by atoms with van der Waals surface area (Å²) in [7, 11) is -4.10. The number of alkyl halides is 3. The van der Waals surface area contributed by atoms with Gasteiger partial charge >= 0.3 is 6.18 Å². The van der Waals surface area contributed by atoms with Crippen molar-refractivity contribution in [3.05, 3.63) is 81.8 Å². The quantitative estimate of drug-likeness (QED) is 0.382. The molecule has 0 bridgehead atoms. The summed E-state index contributed by atoms with van der Waals surface area (Å²) >= 11 is 3.15. The standard InChI is InChI=1S/C20H13BrF5NO3S/c1-11-2-5-14(6-3-11)31(28,29)27-17-10-13(21)4-7-18(17)30-19-15(22)8-12(9-16(19)23)20(24,25)26/h2-10,27H,1H3. The SMILES string of the molecule is Cc1ccc(S(=O)(=O)Nc2cc(Br)ccc2Oc2c(F)cc(C(F)(F)F)cc2F)cc1. The summed E-state index contributed by atoms with van der Waals surface area (Å²) < 4.78 is 99.6. The summed E-state index contributed by atoms with van der Waals surface area (Å²) in [6, 6.07) is 9.96. The van der Waals surface area contributed by atoms with Gasteiger partial charge in [0.1, 0.15) is 0 Å². The van der Waals surface area contributed by atoms with Crippen LogP contribution < -0.4 is 9.46 Å². The molecule has 0 aliphatic rings. The molecule has 3 rings (SSSR count). The van der Waals surface area contributed by atoms with E-state index >= 15 is 0 Å². The van der Waals surface area contributed by atoms with Gasteiger partial charge < -0.3 is 4.74 Å². The van der Waals surface area contributed by atoms with Gasteiger partial charge in [-0.15, -0.1) is 0 Å². The lowest BCUT2D eigenvalue weighted by Crippen LogP contribution is -2.14. The average Bonchev–Trinajstić information content (AvgIpc) is 2.65. The minimum Gasteiger partial charge on any atom is -0.449 e. The molecular weight excluding hydrogens is 509 g/mol. The summed E-state index contributed by atoms with van der Waals surface area (Å²) in [5, 5.41) is 0. The van der Waals surface area contributed by atoms with Gasteiger partial charge in [-0.2, -0.15) is 13.2 Å². The number of benzene rings is 3. The van der Waals surface area contributed by atoms with E-state index in [-0.39, 0.29) is 28.5 Å². The van der Waals surface area contributed by atoms with E-state index in [1.54, 1.807) is 19.1 Å². The summed E-state index contributed by atoms with van der Waals surface area (Å²) in [6.45, 7) is 1.78. The van der Waals surface area contributed by atoms with Crippen LogP contribution in [0.1, 0.15) is 11.1 Å². The monoisotopic (exact) mass is 521 g/mol. The highest BCUT2D eigenvalue weighted by molar-refractivity contribution is 9.10. The molecule has 3 aromatic carbocycles. The molecule has 4 nitrogen and oxygen atoms in total. The van der Waals surface area contributed by atoms with Gasteiger partial charge in [-0.25, -0.2) is 17.2 Å². The predicted molar refractivity (Wildman–Crippen MR) is 108 cm³/mol. The Morgan fingerprint density at radius 1 is 0.935 bits per heavy atom. The molecule has 0 atom stereocenters. The van der Waals surface area contributed by atoms with Crippen molar-refractivity contribution in [2.24, 2.45) is 0 Å². The average molecular weight is 522 g/mol. The molecule has 0 aliphatic carbocycles. The first kappa shape index (κ1) is 23.0. The second-order valence-corrected chi connectivity index (χ2v) is 9.03. The minimum atomic E-state index is -4.95. The molecule has 0 amide bonds. The third-order valence-electron chi connectivity index (χ3n) is 4.05. The van der Waals surface area contributed by atoms with E-state index in [0.29, 0.717) is 4.47 Å². The molecule has 0 saturated carbocycles. The van der Waals surface area contributed by atoms with Crippen LogP contribution in [0, 0.1) is 18.6 Å². The van der Waals surface area contributed by atoms with E-state index < -0.39 is 39.1 Å². The predicted octanol–water partition coefficient (Wildman–Crippen LogP) is 6.65. The van der Waals surface area contributed by atoms with Crippen LogP contribution in [-0.4, -0.2) is 8.42 Å². The Morgan fingerprint density at radius 3 is 2.06 bits per heavy atom. The Hall–Kier alpha value is -2.66. The van der Waals surface area contributed by atoms with E-state index in [4.69, 9.17) is 4.74 Å². The molecule has 0 aromatic heterocycles. The maximum Gasteiger partial charge on any atom is 0.416 e. The summed E-state index contributed by atoms with van der Waals surface area (Å²) in [5.74, 6) is -4.62. The lowest BCUT2D eigenvalue weighted by Gasteiger charge is -2.16. The van der Waals surface area contributed by atoms with E-state index in [1.165, 1.54) is 30.3 Å². The largest absolute Gasteiger partial charge is 0.449 e. The van der Waals surface area contributed by atoms with Crippen LogP contribution in [-0.2, 0) is 16.2 Å². The normalized spacial score (nSPS) is 12.0. The van der Waals surface area contributed by atoms with Crippen molar-refractivity contribution in [3.63, 3.8) is 0 Å². The number of halogens is 6. The second kappa shape index (κ2) is 8.46. The Labute approximate surface area is 182 Å². The number of hydrogen-bond donors (Lipinski definition) is 1. The van der Waals surface area contributed by atoms with Crippen LogP contribution in [0.3, 0.4) is 0 Å². The Morgan fingerprint density at radius 2 is 1.52 bits per heavy atom. The highest BCUT2D eigenvalue weighted by atomic mass is 79.9. The van der Waals surface area contributed by atoms with Crippen molar-refractivity contribution in [3.8, 4) is 11.5 Å². The lowest BCUT2D eigenvalue weighted by atomic mass is 10.2. The maximum absolute atomic E-state index is 14.2. The van der Waals surface area contributed by atoms with Gasteiger partial charge in [0.05, 0.1) is 16.1 Å². The number of rotatable bonds is 5. The fourth-order valence-corrected chi connectivity index (χ4v) is 3.95. The van der Waals surface area contributed by atoms with Gasteiger partial charge in [0.2, 0.25) is 0 Å². The molecule has 1 N–H and O–H groups in total. The van der Waals surface area contributed by atoms with Crippen molar-refractivity contribution in [1.82, 2.24) is 0 Å². The molecule has 0 radical (unpaired) electrons. The van der Waals surface area contributed by atoms with Gasteiger partial charge in [0, 0.05) is 4.47 Å². The van der Waals surface area contributed by atoms with Gasteiger partial charge in [-0.05, 0) is 49.4 Å². The summed E-state index contributed by atoms with van der Waals surface area (Å²) in [5.41, 5.74) is -0.877. The fraction of sp³-hybridized carbons (Fsp3) is 0.100. The van der Waals surface area contributed by atoms with Gasteiger partial charge in [-0.3, -0.25) is 4.72 Å². The highest BCUT2D eigenvalue weighted by Crippen LogP contribution is 2.38. The molecular formula is C20H13BrF5NO3S. The Balaban J connectivity index is 1.99. The van der Waals surface area contributed by atoms with Gasteiger partial charge in [0.25, 0.3) is 10.0 Å². The highest BCUT2D eigenvalue weighted by Gasteiger charge is 2.33. The zero-order chi connectivity index (χ0) is 23.0. The van der Waals surface area contributed by atoms with Crippen molar-refractivity contribution in [2.45, 2.75) is 18.0 Å². The van der Waals surface area contributed by atoms with Crippen molar-refractivity contribution >= 4 is 31.6 Å². The number of ether oxygens (including phenoxy) is 1. The lowest BCUT2D eigenvalue weighted by molar-refractivity contribution is -0.138. The van der Waals surface area contributed by atoms with E-state index in [0.717, 1.165) is 5.56 Å². The van der Waals surface area contributed by atoms with Crippen LogP contribution in [0.4, 0.5) is 27.6 Å². The molecule has 164 valence electrons. The minimum absolute atomic E-state index is 0.0732. The van der Waals surface area contributed by atoms with E-state index in [2.05, 4.69) is 20.7 Å². The van der Waals surface area contributed by atoms with Crippen LogP contribution in [0.2, 0.25) is 0 Å². The number of anilines is 1. The molecule has 0 aliphatic heterocycles. The Kier molecular flexibility index (Phi) is 6.28. The second-order valence-electron chi connectivity index (χ2n) is 6.43. The van der Waals surface area contributed by atoms with Gasteiger partial charge in [-0.1, -0.05) is 33.6 Å². The number of sulfonamides is 1. The van der Waals surface area contributed by atoms with Gasteiger partial charge in [0.15, 0.2) is 23.1 Å². The molecule has 0 unspecified atom stereocenters. The molecule has 3 aromatic rings. The first-order valence-corrected chi connectivity index (χ1v) is 10.8. The maximum atomic E-state index is 14.2. The van der Waals surface area contributed by atoms with Crippen LogP contribution in [0.25, 0.3) is 0 Å². The summed E-state index contributed by atoms with van der Waals surface area (Å²) in [6.07, 6.45) is -4.95. The first-order chi connectivity index (χ1) is 14.4. The smallest absolute Gasteiger partial charge is 0.416 e. The van der Waals surface area contributed by atoms with Crippen molar-refractivity contribution in [2.75, 3.05) is 4.72 Å². The third kappa shape index (κ3) is 5.34. The van der Waals surface area contributed by atoms with Crippen molar-refractivity contribution in [1.29, 1.82) is 0 Å². The number of hydrogen-bond acceptors (Lipinski definition) is 3. The number of nitrogens with one attached hydrogen (secondary N) is 1. The summed E-state index contributed by atoms with van der Waals surface area (Å²) in [4.78, 5) is -0.0732. The van der Waals surface area contributed by atoms with Crippen LogP contribution in [0.15, 0.2) is 64.0 Å². The van der Waals surface area contributed by atoms with E-state index in [9.17, 15) is 30.4 Å². The molecule has 0 fully saturated rings. The molecule has 0 saturated heterocycles. The molecule has 0 heterocycles. The van der Waals surface area contributed by atoms with Crippen molar-refractivity contribution < 1.29 is 35.1 Å². The third-order valence-corrected chi connectivity index (χ3v) is 5.93. The molecule has 0 spiro atoms. The van der Waals surface area contributed by atoms with Crippen LogP contribution in [0.5, 0.6) is 11.5 Å². The van der Waals surface area contributed by atoms with E-state index in [1.807, 2.05) is 0 Å². The Bertz CT molecular complexity index is 1210. The van der Waals surface area contributed by atoms with Crippen LogP contribution >= 0.6 is 15.9 Å². The fourth-order valence-electron chi connectivity index (χ4n) is 2.52. The molecule has 11 heteroatoms. The molecule has 31 heavy (non-hydrogen) atoms. The first-order valence-electron chi connectivity index (χ1n) is 8.50. The number of aryl methyl sites for hydroxylation is 1. The topological polar surface area (TPSA) is 55.4 Å².